The number of nitrogens with zero attached hydrogens (tertiary/aromatic N) is 1. The van der Waals surface area contributed by atoms with Gasteiger partial charge >= 0.3 is 12.1 Å². The van der Waals surface area contributed by atoms with E-state index in [1.54, 1.807) is 10.8 Å². The summed E-state index contributed by atoms with van der Waals surface area (Å²) in [6.07, 6.45) is 0.208. The zero-order valence-corrected chi connectivity index (χ0v) is 17.0. The standard InChI is InChI=1S/C23H18ClF4NO2/c24-19-6-3-5-18(23(26,27)28)17(19)12-29-11-16(15-4-1-2-7-21(15)29)14-9-8-13(22(30)31)10-20(14)25/h3,5-6,8-11H,1-2,4,7,12H2,(H,30,31). The average molecular weight is 452 g/mol. The van der Waals surface area contributed by atoms with Gasteiger partial charge in [0.1, 0.15) is 5.82 Å². The van der Waals surface area contributed by atoms with E-state index in [-0.39, 0.29) is 28.3 Å². The predicted molar refractivity (Wildman–Crippen MR) is 109 cm³/mol. The third kappa shape index (κ3) is 4.06. The summed E-state index contributed by atoms with van der Waals surface area (Å²) in [5, 5.41) is 9.09. The number of carboxylic acid groups (broad SMARTS) is 1. The molecule has 1 N–H and O–H groups in total. The lowest BCUT2D eigenvalue weighted by Crippen LogP contribution is -2.14. The molecule has 1 heterocycles. The molecule has 2 aromatic carbocycles. The van der Waals surface area contributed by atoms with E-state index in [1.165, 1.54) is 24.3 Å². The summed E-state index contributed by atoms with van der Waals surface area (Å²) in [7, 11) is 0. The largest absolute Gasteiger partial charge is 0.478 e. The van der Waals surface area contributed by atoms with E-state index < -0.39 is 23.5 Å². The number of carboxylic acids is 1. The first-order valence-corrected chi connectivity index (χ1v) is 10.1. The molecule has 0 amide bonds. The topological polar surface area (TPSA) is 42.2 Å². The molecule has 8 heteroatoms. The van der Waals surface area contributed by atoms with Gasteiger partial charge in [0.05, 0.1) is 11.1 Å². The second-order valence-corrected chi connectivity index (χ2v) is 7.97. The Kier molecular flexibility index (Phi) is 5.56. The van der Waals surface area contributed by atoms with Gasteiger partial charge in [-0.1, -0.05) is 23.7 Å². The molecule has 1 aliphatic carbocycles. The summed E-state index contributed by atoms with van der Waals surface area (Å²) in [5.41, 5.74) is 1.55. The maximum atomic E-state index is 14.7. The van der Waals surface area contributed by atoms with Gasteiger partial charge in [0.25, 0.3) is 0 Å². The van der Waals surface area contributed by atoms with Gasteiger partial charge in [0, 0.05) is 40.1 Å². The first-order valence-electron chi connectivity index (χ1n) is 9.75. The van der Waals surface area contributed by atoms with Gasteiger partial charge in [-0.15, -0.1) is 0 Å². The molecule has 3 aromatic rings. The van der Waals surface area contributed by atoms with Gasteiger partial charge in [-0.05, 0) is 55.5 Å². The summed E-state index contributed by atoms with van der Waals surface area (Å²) >= 11 is 6.14. The van der Waals surface area contributed by atoms with E-state index in [4.69, 9.17) is 16.7 Å². The van der Waals surface area contributed by atoms with Crippen molar-refractivity contribution in [2.24, 2.45) is 0 Å². The Balaban J connectivity index is 1.83. The molecule has 1 aliphatic rings. The average Bonchev–Trinajstić information content (AvgIpc) is 3.07. The molecular formula is C23H18ClF4NO2. The van der Waals surface area contributed by atoms with Gasteiger partial charge in [0.2, 0.25) is 0 Å². The van der Waals surface area contributed by atoms with Crippen molar-refractivity contribution in [3.05, 3.63) is 81.4 Å². The van der Waals surface area contributed by atoms with Gasteiger partial charge in [-0.3, -0.25) is 0 Å². The van der Waals surface area contributed by atoms with E-state index >= 15 is 0 Å². The van der Waals surface area contributed by atoms with Crippen LogP contribution in [0.25, 0.3) is 11.1 Å². The molecule has 0 saturated heterocycles. The van der Waals surface area contributed by atoms with Crippen molar-refractivity contribution in [1.82, 2.24) is 4.57 Å². The number of hydrogen-bond donors (Lipinski definition) is 1. The van der Waals surface area contributed by atoms with Crippen molar-refractivity contribution in [3.63, 3.8) is 0 Å². The summed E-state index contributed by atoms with van der Waals surface area (Å²) in [4.78, 5) is 11.1. The number of benzene rings is 2. The number of rotatable bonds is 4. The number of alkyl halides is 3. The third-order valence-electron chi connectivity index (χ3n) is 5.65. The second kappa shape index (κ2) is 8.04. The smallest absolute Gasteiger partial charge is 0.416 e. The highest BCUT2D eigenvalue weighted by molar-refractivity contribution is 6.31. The van der Waals surface area contributed by atoms with Gasteiger partial charge < -0.3 is 9.67 Å². The van der Waals surface area contributed by atoms with Crippen molar-refractivity contribution in [2.75, 3.05) is 0 Å². The van der Waals surface area contributed by atoms with Crippen LogP contribution in [0.3, 0.4) is 0 Å². The van der Waals surface area contributed by atoms with Crippen LogP contribution in [-0.2, 0) is 25.6 Å². The fourth-order valence-corrected chi connectivity index (χ4v) is 4.44. The second-order valence-electron chi connectivity index (χ2n) is 7.57. The first kappa shape index (κ1) is 21.4. The van der Waals surface area contributed by atoms with Crippen molar-refractivity contribution in [1.29, 1.82) is 0 Å². The molecule has 4 rings (SSSR count). The number of fused-ring (bicyclic) bond motifs is 1. The zero-order chi connectivity index (χ0) is 22.3. The molecule has 0 spiro atoms. The molecule has 3 nitrogen and oxygen atoms in total. The van der Waals surface area contributed by atoms with Crippen molar-refractivity contribution >= 4 is 17.6 Å². The van der Waals surface area contributed by atoms with Gasteiger partial charge in [0.15, 0.2) is 0 Å². The summed E-state index contributed by atoms with van der Waals surface area (Å²) in [6, 6.07) is 7.38. The van der Waals surface area contributed by atoms with Crippen LogP contribution in [0.1, 0.15) is 45.6 Å². The van der Waals surface area contributed by atoms with Crippen LogP contribution in [0.15, 0.2) is 42.6 Å². The van der Waals surface area contributed by atoms with E-state index in [2.05, 4.69) is 0 Å². The molecule has 162 valence electrons. The van der Waals surface area contributed by atoms with Crippen LogP contribution in [0.5, 0.6) is 0 Å². The normalized spacial score (nSPS) is 13.8. The fourth-order valence-electron chi connectivity index (χ4n) is 4.20. The molecule has 1 aromatic heterocycles. The minimum absolute atomic E-state index is 0.0200. The van der Waals surface area contributed by atoms with Crippen LogP contribution in [0.4, 0.5) is 17.6 Å². The minimum atomic E-state index is -4.55. The van der Waals surface area contributed by atoms with Crippen LogP contribution >= 0.6 is 11.6 Å². The van der Waals surface area contributed by atoms with Crippen LogP contribution < -0.4 is 0 Å². The Hall–Kier alpha value is -2.80. The zero-order valence-electron chi connectivity index (χ0n) is 16.3. The Morgan fingerprint density at radius 2 is 1.84 bits per heavy atom. The van der Waals surface area contributed by atoms with Crippen LogP contribution in [0, 0.1) is 5.82 Å². The molecular weight excluding hydrogens is 434 g/mol. The number of carbonyl (C=O) groups is 1. The Labute approximate surface area is 180 Å². The highest BCUT2D eigenvalue weighted by atomic mass is 35.5. The maximum Gasteiger partial charge on any atom is 0.416 e. The van der Waals surface area contributed by atoms with E-state index in [9.17, 15) is 22.4 Å². The summed E-state index contributed by atoms with van der Waals surface area (Å²) < 4.78 is 57.1. The number of hydrogen-bond acceptors (Lipinski definition) is 1. The van der Waals surface area contributed by atoms with Crippen molar-refractivity contribution in [3.8, 4) is 11.1 Å². The van der Waals surface area contributed by atoms with E-state index in [0.717, 1.165) is 36.2 Å². The van der Waals surface area contributed by atoms with Crippen molar-refractivity contribution in [2.45, 2.75) is 38.4 Å². The highest BCUT2D eigenvalue weighted by Crippen LogP contribution is 2.39. The lowest BCUT2D eigenvalue weighted by Gasteiger charge is -2.19. The van der Waals surface area contributed by atoms with Crippen molar-refractivity contribution < 1.29 is 27.5 Å². The van der Waals surface area contributed by atoms with Crippen LogP contribution in [0.2, 0.25) is 5.02 Å². The van der Waals surface area contributed by atoms with E-state index in [0.29, 0.717) is 18.4 Å². The lowest BCUT2D eigenvalue weighted by atomic mass is 9.92. The molecule has 0 atom stereocenters. The van der Waals surface area contributed by atoms with Gasteiger partial charge in [-0.25, -0.2) is 9.18 Å². The first-order chi connectivity index (χ1) is 14.7. The predicted octanol–water partition coefficient (Wildman–Crippen LogP) is 6.59. The molecule has 31 heavy (non-hydrogen) atoms. The Morgan fingerprint density at radius 3 is 2.52 bits per heavy atom. The molecule has 0 radical (unpaired) electrons. The monoisotopic (exact) mass is 451 g/mol. The quantitative estimate of drug-likeness (QED) is 0.454. The van der Waals surface area contributed by atoms with Crippen LogP contribution in [-0.4, -0.2) is 15.6 Å². The Morgan fingerprint density at radius 1 is 1.10 bits per heavy atom. The number of aromatic nitrogens is 1. The minimum Gasteiger partial charge on any atom is -0.478 e. The molecule has 0 saturated carbocycles. The summed E-state index contributed by atoms with van der Waals surface area (Å²) in [5.74, 6) is -1.91. The molecule has 0 bridgehead atoms. The molecule has 0 fully saturated rings. The number of aromatic carboxylic acids is 1. The lowest BCUT2D eigenvalue weighted by molar-refractivity contribution is -0.138. The highest BCUT2D eigenvalue weighted by Gasteiger charge is 2.34. The number of halogens is 5. The summed E-state index contributed by atoms with van der Waals surface area (Å²) in [6.45, 7) is -0.0916. The fraction of sp³-hybridized carbons (Fsp3) is 0.261. The van der Waals surface area contributed by atoms with Gasteiger partial charge in [-0.2, -0.15) is 13.2 Å². The molecule has 0 aliphatic heterocycles. The molecule has 0 unspecified atom stereocenters. The maximum absolute atomic E-state index is 14.7. The Bertz CT molecular complexity index is 1170. The third-order valence-corrected chi connectivity index (χ3v) is 6.01. The SMILES string of the molecule is O=C(O)c1ccc(-c2cn(Cc3c(Cl)cccc3C(F)(F)F)c3c2CCCC3)c(F)c1. The van der Waals surface area contributed by atoms with E-state index in [1.807, 2.05) is 0 Å².